The van der Waals surface area contributed by atoms with E-state index in [1.165, 1.54) is 0 Å². The largest absolute Gasteiger partial charge is 0.494 e. The van der Waals surface area contributed by atoms with Crippen LogP contribution in [0.5, 0.6) is 0 Å². The lowest BCUT2D eigenvalue weighted by molar-refractivity contribution is 0.00578. The van der Waals surface area contributed by atoms with E-state index >= 15 is 0 Å². The fourth-order valence-electron chi connectivity index (χ4n) is 3.93. The zero-order valence-electron chi connectivity index (χ0n) is 18.9. The first-order valence-electron chi connectivity index (χ1n) is 10.9. The molecule has 9 heteroatoms. The van der Waals surface area contributed by atoms with E-state index in [-0.39, 0.29) is 0 Å². The van der Waals surface area contributed by atoms with E-state index in [1.807, 2.05) is 94.7 Å². The highest BCUT2D eigenvalue weighted by Gasteiger charge is 2.51. The molecule has 1 saturated heterocycles. The number of rotatable bonds is 3. The van der Waals surface area contributed by atoms with Gasteiger partial charge in [-0.05, 0) is 63.5 Å². The Hall–Kier alpha value is -3.56. The van der Waals surface area contributed by atoms with Crippen LogP contribution in [0.3, 0.4) is 0 Å². The van der Waals surface area contributed by atoms with Gasteiger partial charge in [0.2, 0.25) is 0 Å². The normalized spacial score (nSPS) is 17.3. The molecule has 5 heterocycles. The number of benzene rings is 1. The average molecular weight is 438 g/mol. The summed E-state index contributed by atoms with van der Waals surface area (Å²) in [6.07, 6.45) is 3.77. The molecule has 1 aliphatic rings. The standard InChI is InChI=1S/C24H23BN6O2/c1-23(2)24(3,4)33-25(32-23)18-14-16(21-26-19-9-5-7-11-30(19)28-21)13-17(15-18)22-27-20-10-6-8-12-31(20)29-22/h5-15H,1-4H3. The van der Waals surface area contributed by atoms with Crippen molar-refractivity contribution in [2.45, 2.75) is 38.9 Å². The zero-order chi connectivity index (χ0) is 22.8. The maximum absolute atomic E-state index is 6.34. The van der Waals surface area contributed by atoms with Crippen LogP contribution in [0.4, 0.5) is 0 Å². The van der Waals surface area contributed by atoms with E-state index in [4.69, 9.17) is 19.3 Å². The molecule has 0 atom stereocenters. The first kappa shape index (κ1) is 20.1. The summed E-state index contributed by atoms with van der Waals surface area (Å²) >= 11 is 0. The Kier molecular flexibility index (Phi) is 4.24. The van der Waals surface area contributed by atoms with Crippen LogP contribution in [0.15, 0.2) is 67.0 Å². The van der Waals surface area contributed by atoms with Crippen molar-refractivity contribution in [3.05, 3.63) is 67.0 Å². The predicted molar refractivity (Wildman–Crippen MR) is 126 cm³/mol. The quantitative estimate of drug-likeness (QED) is 0.402. The molecule has 5 aromatic rings. The Labute approximate surface area is 191 Å². The van der Waals surface area contributed by atoms with Crippen molar-refractivity contribution in [1.82, 2.24) is 29.2 Å². The van der Waals surface area contributed by atoms with Crippen LogP contribution in [0.25, 0.3) is 34.1 Å². The highest BCUT2D eigenvalue weighted by molar-refractivity contribution is 6.62. The lowest BCUT2D eigenvalue weighted by Crippen LogP contribution is -2.41. The molecule has 4 aromatic heterocycles. The topological polar surface area (TPSA) is 78.8 Å². The first-order valence-corrected chi connectivity index (χ1v) is 10.9. The van der Waals surface area contributed by atoms with Gasteiger partial charge in [0.1, 0.15) is 0 Å². The molecule has 0 radical (unpaired) electrons. The molecule has 33 heavy (non-hydrogen) atoms. The minimum absolute atomic E-state index is 0.448. The number of hydrogen-bond acceptors (Lipinski definition) is 6. The third-order valence-corrected chi connectivity index (χ3v) is 6.48. The zero-order valence-corrected chi connectivity index (χ0v) is 18.9. The second-order valence-electron chi connectivity index (χ2n) is 9.31. The van der Waals surface area contributed by atoms with Crippen molar-refractivity contribution in [3.63, 3.8) is 0 Å². The second-order valence-corrected chi connectivity index (χ2v) is 9.31. The molecule has 6 rings (SSSR count). The molecule has 1 fully saturated rings. The Morgan fingerprint density at radius 1 is 0.697 bits per heavy atom. The number of aromatic nitrogens is 6. The molecular weight excluding hydrogens is 415 g/mol. The highest BCUT2D eigenvalue weighted by atomic mass is 16.7. The van der Waals surface area contributed by atoms with Gasteiger partial charge < -0.3 is 9.31 Å². The van der Waals surface area contributed by atoms with Gasteiger partial charge in [-0.15, -0.1) is 10.2 Å². The monoisotopic (exact) mass is 438 g/mol. The van der Waals surface area contributed by atoms with Crippen LogP contribution < -0.4 is 5.46 Å². The van der Waals surface area contributed by atoms with Gasteiger partial charge in [-0.25, -0.2) is 19.0 Å². The Morgan fingerprint density at radius 3 is 1.64 bits per heavy atom. The van der Waals surface area contributed by atoms with Crippen molar-refractivity contribution < 1.29 is 9.31 Å². The molecule has 0 aliphatic carbocycles. The van der Waals surface area contributed by atoms with Gasteiger partial charge in [-0.2, -0.15) is 0 Å². The van der Waals surface area contributed by atoms with Crippen LogP contribution >= 0.6 is 0 Å². The first-order chi connectivity index (χ1) is 15.8. The summed E-state index contributed by atoms with van der Waals surface area (Å²) in [5.41, 5.74) is 3.23. The molecule has 0 saturated carbocycles. The van der Waals surface area contributed by atoms with Crippen molar-refractivity contribution in [2.75, 3.05) is 0 Å². The van der Waals surface area contributed by atoms with E-state index in [0.29, 0.717) is 11.6 Å². The fourth-order valence-corrected chi connectivity index (χ4v) is 3.93. The van der Waals surface area contributed by atoms with Crippen LogP contribution in [0.1, 0.15) is 27.7 Å². The number of pyridine rings is 2. The molecular formula is C24H23BN6O2. The molecule has 0 N–H and O–H groups in total. The molecule has 0 spiro atoms. The molecule has 8 nitrogen and oxygen atoms in total. The van der Waals surface area contributed by atoms with Crippen molar-refractivity contribution >= 4 is 23.9 Å². The third kappa shape index (κ3) is 3.32. The van der Waals surface area contributed by atoms with Gasteiger partial charge in [0.15, 0.2) is 22.9 Å². The van der Waals surface area contributed by atoms with Crippen molar-refractivity contribution in [1.29, 1.82) is 0 Å². The van der Waals surface area contributed by atoms with E-state index in [1.54, 1.807) is 9.03 Å². The smallest absolute Gasteiger partial charge is 0.399 e. The average Bonchev–Trinajstić information content (AvgIpc) is 3.47. The van der Waals surface area contributed by atoms with Crippen molar-refractivity contribution in [3.8, 4) is 22.8 Å². The fraction of sp³-hybridized carbons (Fsp3) is 0.250. The maximum atomic E-state index is 6.34. The lowest BCUT2D eigenvalue weighted by atomic mass is 9.77. The van der Waals surface area contributed by atoms with E-state index < -0.39 is 18.3 Å². The molecule has 1 aliphatic heterocycles. The summed E-state index contributed by atoms with van der Waals surface area (Å²) in [4.78, 5) is 9.42. The van der Waals surface area contributed by atoms with Crippen molar-refractivity contribution in [2.24, 2.45) is 0 Å². The summed E-state index contributed by atoms with van der Waals surface area (Å²) in [7, 11) is -0.525. The van der Waals surface area contributed by atoms with E-state index in [9.17, 15) is 0 Å². The van der Waals surface area contributed by atoms with Crippen LogP contribution in [-0.2, 0) is 9.31 Å². The summed E-state index contributed by atoms with van der Waals surface area (Å²) in [5.74, 6) is 1.23. The summed E-state index contributed by atoms with van der Waals surface area (Å²) in [6, 6.07) is 17.7. The molecule has 0 amide bonds. The number of hydrogen-bond donors (Lipinski definition) is 0. The minimum atomic E-state index is -0.525. The molecule has 1 aromatic carbocycles. The van der Waals surface area contributed by atoms with Gasteiger partial charge in [0.25, 0.3) is 0 Å². The van der Waals surface area contributed by atoms with Crippen LogP contribution in [0.2, 0.25) is 0 Å². The Morgan fingerprint density at radius 2 is 1.18 bits per heavy atom. The maximum Gasteiger partial charge on any atom is 0.494 e. The van der Waals surface area contributed by atoms with Gasteiger partial charge in [-0.1, -0.05) is 24.3 Å². The Balaban J connectivity index is 1.52. The van der Waals surface area contributed by atoms with Crippen LogP contribution in [0, 0.1) is 0 Å². The van der Waals surface area contributed by atoms with Gasteiger partial charge in [0.05, 0.1) is 11.2 Å². The SMILES string of the molecule is CC1(C)OB(c2cc(-c3nc4ccccn4n3)cc(-c3nc4ccccn4n3)c2)OC1(C)C. The second kappa shape index (κ2) is 6.97. The molecule has 0 bridgehead atoms. The minimum Gasteiger partial charge on any atom is -0.399 e. The summed E-state index contributed by atoms with van der Waals surface area (Å²) in [6.45, 7) is 8.19. The molecule has 164 valence electrons. The number of fused-ring (bicyclic) bond motifs is 2. The molecule has 0 unspecified atom stereocenters. The van der Waals surface area contributed by atoms with Gasteiger partial charge in [0, 0.05) is 23.5 Å². The van der Waals surface area contributed by atoms with Gasteiger partial charge >= 0.3 is 7.12 Å². The summed E-state index contributed by atoms with van der Waals surface area (Å²) < 4.78 is 16.2. The predicted octanol–water partition coefficient (Wildman–Crippen LogP) is 3.41. The van der Waals surface area contributed by atoms with Gasteiger partial charge in [-0.3, -0.25) is 0 Å². The lowest BCUT2D eigenvalue weighted by Gasteiger charge is -2.32. The third-order valence-electron chi connectivity index (χ3n) is 6.48. The van der Waals surface area contributed by atoms with Crippen LogP contribution in [-0.4, -0.2) is 47.5 Å². The highest BCUT2D eigenvalue weighted by Crippen LogP contribution is 2.37. The van der Waals surface area contributed by atoms with E-state index in [2.05, 4.69) is 10.2 Å². The summed E-state index contributed by atoms with van der Waals surface area (Å²) in [5, 5.41) is 9.33. The Bertz CT molecular complexity index is 1330. The van der Waals surface area contributed by atoms with E-state index in [0.717, 1.165) is 27.9 Å². The number of nitrogens with zero attached hydrogens (tertiary/aromatic N) is 6.